The van der Waals surface area contributed by atoms with Gasteiger partial charge in [0.25, 0.3) is 5.91 Å². The average molecular weight is 705 g/mol. The van der Waals surface area contributed by atoms with Gasteiger partial charge in [-0.1, -0.05) is 50.6 Å². The summed E-state index contributed by atoms with van der Waals surface area (Å²) in [6, 6.07) is 10.5. The Kier molecular flexibility index (Phi) is 8.37. The molecular formula is C38H45F5N2O5. The van der Waals surface area contributed by atoms with E-state index in [4.69, 9.17) is 9.47 Å². The predicted molar refractivity (Wildman–Crippen MR) is 173 cm³/mol. The van der Waals surface area contributed by atoms with Crippen molar-refractivity contribution in [1.29, 1.82) is 0 Å². The van der Waals surface area contributed by atoms with Crippen molar-refractivity contribution in [3.63, 3.8) is 0 Å². The minimum Gasteiger partial charge on any atom is -0.385 e. The van der Waals surface area contributed by atoms with Crippen LogP contribution in [0.3, 0.4) is 0 Å². The molecule has 7 rings (SSSR count). The molecular weight excluding hydrogens is 659 g/mol. The number of amides is 1. The number of nitrogens with one attached hydrogen (secondary N) is 1. The number of halogens is 5. The third kappa shape index (κ3) is 5.51. The summed E-state index contributed by atoms with van der Waals surface area (Å²) in [7, 11) is 0. The van der Waals surface area contributed by atoms with Crippen LogP contribution in [0, 0.1) is 22.7 Å². The van der Waals surface area contributed by atoms with Crippen LogP contribution in [0.1, 0.15) is 99.5 Å². The number of ether oxygens (including phenoxy) is 2. The number of hydrogen-bond acceptors (Lipinski definition) is 6. The van der Waals surface area contributed by atoms with Crippen LogP contribution >= 0.6 is 0 Å². The number of carbonyl (C=O) groups excluding carboxylic acids is 1. The number of hydrogen-bond donors (Lipinski definition) is 3. The van der Waals surface area contributed by atoms with Crippen LogP contribution in [-0.2, 0) is 16.0 Å². The van der Waals surface area contributed by atoms with Gasteiger partial charge in [0.1, 0.15) is 5.60 Å². The second-order valence-corrected chi connectivity index (χ2v) is 16.4. The summed E-state index contributed by atoms with van der Waals surface area (Å²) in [5.41, 5.74) is -2.98. The lowest BCUT2D eigenvalue weighted by Crippen LogP contribution is -2.65. The van der Waals surface area contributed by atoms with Crippen LogP contribution in [0.2, 0.25) is 0 Å². The molecule has 1 spiro atoms. The highest BCUT2D eigenvalue weighted by Crippen LogP contribution is 2.71. The first-order chi connectivity index (χ1) is 23.3. The number of aliphatic hydroxyl groups is 2. The first-order valence-corrected chi connectivity index (χ1v) is 17.5. The largest absolute Gasteiger partial charge is 0.456 e. The number of alkyl halides is 5. The van der Waals surface area contributed by atoms with Crippen LogP contribution in [0.25, 0.3) is 0 Å². The Morgan fingerprint density at radius 2 is 1.68 bits per heavy atom. The van der Waals surface area contributed by atoms with Gasteiger partial charge in [-0.3, -0.25) is 9.78 Å². The Labute approximate surface area is 288 Å². The van der Waals surface area contributed by atoms with Crippen LogP contribution < -0.4 is 5.32 Å². The second-order valence-electron chi connectivity index (χ2n) is 16.4. The molecule has 1 amide bonds. The summed E-state index contributed by atoms with van der Waals surface area (Å²) in [5.74, 6) is -8.23. The zero-order chi connectivity index (χ0) is 36.0. The fourth-order valence-corrected chi connectivity index (χ4v) is 9.96. The first-order valence-electron chi connectivity index (χ1n) is 17.5. The van der Waals surface area contributed by atoms with Crippen molar-refractivity contribution in [2.45, 2.75) is 114 Å². The monoisotopic (exact) mass is 704 g/mol. The van der Waals surface area contributed by atoms with E-state index in [1.165, 1.54) is 13.1 Å². The number of benzene rings is 1. The fourth-order valence-electron chi connectivity index (χ4n) is 9.96. The molecule has 1 aromatic heterocycles. The van der Waals surface area contributed by atoms with Crippen molar-refractivity contribution in [2.24, 2.45) is 22.7 Å². The van der Waals surface area contributed by atoms with Crippen molar-refractivity contribution in [2.75, 3.05) is 13.2 Å². The van der Waals surface area contributed by atoms with Gasteiger partial charge in [-0.05, 0) is 79.2 Å². The normalized spacial score (nSPS) is 34.9. The maximum Gasteiger partial charge on any atom is 0.456 e. The Bertz CT molecular complexity index is 1650. The molecule has 3 saturated carbocycles. The lowest BCUT2D eigenvalue weighted by Gasteiger charge is -2.59. The Balaban J connectivity index is 1.25. The SMILES string of the molecule is CC1(C)COC2(CCC3=C4[C@@H](CC[C@@]3(O)C2)[C@@H]2CC[C@@](O)(C(F)(F)C(F)(F)F)[C@@]2(C)C[C@@H]4c2ccc(CNC(=O)c3cccnc3)cc2)OC1. The zero-order valence-corrected chi connectivity index (χ0v) is 28.6. The molecule has 3 N–H and O–H groups in total. The van der Waals surface area contributed by atoms with Gasteiger partial charge in [-0.25, -0.2) is 0 Å². The molecule has 50 heavy (non-hydrogen) atoms. The van der Waals surface area contributed by atoms with E-state index in [0.717, 1.165) is 16.7 Å². The maximum atomic E-state index is 15.4. The van der Waals surface area contributed by atoms with Crippen molar-refractivity contribution < 1.29 is 46.4 Å². The second kappa shape index (κ2) is 11.8. The molecule has 7 nitrogen and oxygen atoms in total. The summed E-state index contributed by atoms with van der Waals surface area (Å²) in [4.78, 5) is 16.6. The molecule has 1 aliphatic heterocycles. The topological polar surface area (TPSA) is 101 Å². The van der Waals surface area contributed by atoms with Gasteiger partial charge >= 0.3 is 12.1 Å². The van der Waals surface area contributed by atoms with Gasteiger partial charge in [0, 0.05) is 48.5 Å². The van der Waals surface area contributed by atoms with E-state index in [2.05, 4.69) is 10.3 Å². The highest BCUT2D eigenvalue weighted by atomic mass is 19.4. The summed E-state index contributed by atoms with van der Waals surface area (Å²) < 4.78 is 85.3. The van der Waals surface area contributed by atoms with Gasteiger partial charge in [0.2, 0.25) is 0 Å². The van der Waals surface area contributed by atoms with Crippen molar-refractivity contribution >= 4 is 5.91 Å². The molecule has 4 fully saturated rings. The zero-order valence-electron chi connectivity index (χ0n) is 28.6. The van der Waals surface area contributed by atoms with Gasteiger partial charge in [-0.15, -0.1) is 0 Å². The molecule has 6 atom stereocenters. The minimum absolute atomic E-state index is 0.0199. The maximum absolute atomic E-state index is 15.4. The highest BCUT2D eigenvalue weighted by molar-refractivity contribution is 5.93. The predicted octanol–water partition coefficient (Wildman–Crippen LogP) is 7.23. The van der Waals surface area contributed by atoms with Gasteiger partial charge in [-0.2, -0.15) is 22.0 Å². The van der Waals surface area contributed by atoms with Crippen molar-refractivity contribution in [3.8, 4) is 0 Å². The highest BCUT2D eigenvalue weighted by Gasteiger charge is 2.79. The van der Waals surface area contributed by atoms with E-state index < -0.39 is 58.7 Å². The number of fused-ring (bicyclic) bond motifs is 4. The Morgan fingerprint density at radius 1 is 0.980 bits per heavy atom. The molecule has 0 radical (unpaired) electrons. The van der Waals surface area contributed by atoms with E-state index >= 15 is 8.78 Å². The number of allylic oxidation sites excluding steroid dienone is 1. The fraction of sp³-hybridized carbons (Fsp3) is 0.632. The lowest BCUT2D eigenvalue weighted by atomic mass is 9.49. The molecule has 0 bridgehead atoms. The van der Waals surface area contributed by atoms with Crippen molar-refractivity contribution in [1.82, 2.24) is 10.3 Å². The molecule has 1 saturated heterocycles. The third-order valence-corrected chi connectivity index (χ3v) is 12.7. The molecule has 272 valence electrons. The molecule has 2 aromatic rings. The lowest BCUT2D eigenvalue weighted by molar-refractivity contribution is -0.362. The van der Waals surface area contributed by atoms with E-state index in [9.17, 15) is 28.2 Å². The number of rotatable bonds is 5. The molecule has 12 heteroatoms. The number of pyridine rings is 1. The van der Waals surface area contributed by atoms with E-state index in [-0.39, 0.29) is 43.6 Å². The molecule has 4 aliphatic carbocycles. The molecule has 2 heterocycles. The molecule has 5 aliphatic rings. The standard InChI is InChI=1S/C38H45F5N2O5/c1-32(2)21-49-35(50-22-32)14-11-29-30-26(10-13-34(29,47)20-35)28-12-15-36(48,37(39,40)38(41,42)43)33(28,3)17-27(30)24-8-6-23(7-9-24)18-45-31(46)25-5-4-16-44-19-25/h4-9,16,19,26-28,47-48H,10-15,17-18,20-22H2,1-3H3,(H,45,46)/t26-,27+,28-,33-,34+,36-/m0/s1. The summed E-state index contributed by atoms with van der Waals surface area (Å²) in [5, 5.41) is 26.8. The quantitative estimate of drug-likeness (QED) is 0.224. The summed E-state index contributed by atoms with van der Waals surface area (Å²) >= 11 is 0. The molecule has 1 aromatic carbocycles. The number of carbonyl (C=O) groups is 1. The van der Waals surface area contributed by atoms with Crippen LogP contribution in [0.5, 0.6) is 0 Å². The number of aromatic nitrogens is 1. The summed E-state index contributed by atoms with van der Waals surface area (Å²) in [6.07, 6.45) is -1.90. The van der Waals surface area contributed by atoms with Crippen LogP contribution in [0.4, 0.5) is 22.0 Å². The van der Waals surface area contributed by atoms with Gasteiger partial charge in [0.05, 0.1) is 24.4 Å². The van der Waals surface area contributed by atoms with Crippen LogP contribution in [-0.4, -0.2) is 63.4 Å². The van der Waals surface area contributed by atoms with E-state index in [1.54, 1.807) is 30.5 Å². The average Bonchev–Trinajstić information content (AvgIpc) is 3.35. The molecule has 0 unspecified atom stereocenters. The Hall–Kier alpha value is -2.93. The van der Waals surface area contributed by atoms with E-state index in [1.807, 2.05) is 26.0 Å². The smallest absolute Gasteiger partial charge is 0.385 e. The van der Waals surface area contributed by atoms with Gasteiger partial charge in [0.15, 0.2) is 5.79 Å². The van der Waals surface area contributed by atoms with Gasteiger partial charge < -0.3 is 25.0 Å². The third-order valence-electron chi connectivity index (χ3n) is 12.7. The number of nitrogens with zero attached hydrogens (tertiary/aromatic N) is 1. The van der Waals surface area contributed by atoms with E-state index in [0.29, 0.717) is 43.6 Å². The first kappa shape index (κ1) is 35.5. The minimum atomic E-state index is -5.92. The van der Waals surface area contributed by atoms with Crippen molar-refractivity contribution in [3.05, 3.63) is 76.6 Å². The summed E-state index contributed by atoms with van der Waals surface area (Å²) in [6.45, 7) is 6.65. The van der Waals surface area contributed by atoms with Crippen LogP contribution in [0.15, 0.2) is 59.9 Å². The Morgan fingerprint density at radius 3 is 2.32 bits per heavy atom.